The Morgan fingerprint density at radius 2 is 1.74 bits per heavy atom. The van der Waals surface area contributed by atoms with Crippen molar-refractivity contribution in [2.24, 2.45) is 3.95 Å². The molecule has 0 saturated carbocycles. The zero-order chi connectivity index (χ0) is 13.5. The first kappa shape index (κ1) is 14.3. The van der Waals surface area contributed by atoms with E-state index in [9.17, 15) is 0 Å². The third kappa shape index (κ3) is 4.51. The Balaban J connectivity index is 2.05. The second-order valence-electron chi connectivity index (χ2n) is 4.44. The van der Waals surface area contributed by atoms with Crippen molar-refractivity contribution in [3.8, 4) is 5.75 Å². The van der Waals surface area contributed by atoms with E-state index in [-0.39, 0.29) is 21.5 Å². The molecule has 2 aromatic carbocycles. The normalized spacial score (nSPS) is 10.6. The molecule has 0 unspecified atom stereocenters. The van der Waals surface area contributed by atoms with Crippen LogP contribution in [0.4, 0.5) is 0 Å². The van der Waals surface area contributed by atoms with Gasteiger partial charge in [-0.1, -0.05) is 0 Å². The van der Waals surface area contributed by atoms with Crippen molar-refractivity contribution in [2.45, 2.75) is 12.8 Å². The van der Waals surface area contributed by atoms with E-state index in [0.29, 0.717) is 0 Å². The molecule has 0 aliphatic rings. The van der Waals surface area contributed by atoms with E-state index in [2.05, 4.69) is 36.4 Å². The van der Waals surface area contributed by atoms with Crippen molar-refractivity contribution in [3.63, 3.8) is 0 Å². The number of halogens is 1. The molecule has 0 aliphatic carbocycles. The fourth-order valence-corrected chi connectivity index (χ4v) is 2.97. The van der Waals surface area contributed by atoms with Crippen molar-refractivity contribution in [3.05, 3.63) is 65.2 Å². The maximum absolute atomic E-state index is 5.66. The van der Waals surface area contributed by atoms with Crippen LogP contribution in [0, 0.1) is 0 Å². The fourth-order valence-electron chi connectivity index (χ4n) is 2.04. The predicted molar refractivity (Wildman–Crippen MR) is 75.0 cm³/mol. The van der Waals surface area contributed by atoms with Crippen LogP contribution in [-0.2, 0) is 12.8 Å². The predicted octanol–water partition coefficient (Wildman–Crippen LogP) is -0.209. The molecule has 0 bridgehead atoms. The summed E-state index contributed by atoms with van der Waals surface area (Å²) in [6, 6.07) is 17.1. The van der Waals surface area contributed by atoms with Crippen LogP contribution in [0.2, 0.25) is 0 Å². The van der Waals surface area contributed by atoms with Crippen LogP contribution in [0.3, 0.4) is 0 Å². The molecule has 0 atom stereocenters. The molecule has 102 valence electrons. The first-order valence-corrected chi connectivity index (χ1v) is 9.07. The number of hydrogen-bond acceptors (Lipinski definition) is 2. The zero-order valence-electron chi connectivity index (χ0n) is 11.1. The number of hydrogen-bond donors (Lipinski definition) is 1. The number of aryl methyl sites for hydroxylation is 1. The minimum absolute atomic E-state index is 0.0971. The van der Waals surface area contributed by atoms with E-state index in [1.165, 1.54) is 16.7 Å². The van der Waals surface area contributed by atoms with Crippen LogP contribution in [0.25, 0.3) is 0 Å². The third-order valence-corrected chi connectivity index (χ3v) is 4.21. The number of benzene rings is 2. The standard InChI is InChI=1S/C16H19INO/c1-19-16-7-5-14(6-8-16)12-15-4-2-3-13(11-15)9-10-17-18/h2-8,11H,9-10,12,18H2,1H3/q-1. The van der Waals surface area contributed by atoms with Crippen LogP contribution < -0.4 is 30.2 Å². The van der Waals surface area contributed by atoms with Crippen LogP contribution in [0.5, 0.6) is 5.75 Å². The number of methoxy groups -OCH3 is 1. The summed E-state index contributed by atoms with van der Waals surface area (Å²) in [6.45, 7) is 0. The molecule has 0 heterocycles. The molecule has 2 aromatic rings. The zero-order valence-corrected chi connectivity index (χ0v) is 13.3. The Bertz CT molecular complexity index is 510. The molecule has 2 rings (SSSR count). The number of rotatable bonds is 6. The molecule has 3 heteroatoms. The first-order chi connectivity index (χ1) is 9.31. The van der Waals surface area contributed by atoms with Gasteiger partial charge in [-0.25, -0.2) is 0 Å². The monoisotopic (exact) mass is 368 g/mol. The van der Waals surface area contributed by atoms with E-state index in [1.54, 1.807) is 7.11 Å². The van der Waals surface area contributed by atoms with E-state index in [4.69, 9.17) is 8.68 Å². The van der Waals surface area contributed by atoms with E-state index in [0.717, 1.165) is 23.0 Å². The van der Waals surface area contributed by atoms with Gasteiger partial charge in [-0.2, -0.15) is 0 Å². The molecule has 0 aliphatic heterocycles. The number of nitrogens with two attached hydrogens (primary N) is 1. The van der Waals surface area contributed by atoms with Crippen LogP contribution in [-0.4, -0.2) is 11.5 Å². The van der Waals surface area contributed by atoms with Crippen molar-refractivity contribution in [1.82, 2.24) is 0 Å². The summed E-state index contributed by atoms with van der Waals surface area (Å²) in [7, 11) is 1.69. The molecule has 0 spiro atoms. The molecule has 0 saturated heterocycles. The number of alkyl halides is 1. The molecule has 0 fully saturated rings. The summed E-state index contributed by atoms with van der Waals surface area (Å²) in [5.41, 5.74) is 4.07. The summed E-state index contributed by atoms with van der Waals surface area (Å²) in [5.74, 6) is 0.907. The molecular weight excluding hydrogens is 349 g/mol. The van der Waals surface area contributed by atoms with Gasteiger partial charge in [0.1, 0.15) is 0 Å². The Morgan fingerprint density at radius 3 is 2.42 bits per heavy atom. The molecule has 0 amide bonds. The van der Waals surface area contributed by atoms with Gasteiger partial charge >= 0.3 is 126 Å². The summed E-state index contributed by atoms with van der Waals surface area (Å²) < 4.78 is 12.0. The quantitative estimate of drug-likeness (QED) is 0.435. The van der Waals surface area contributed by atoms with E-state index in [1.807, 2.05) is 12.1 Å². The Labute approximate surface area is 125 Å². The Hall–Kier alpha value is -1.07. The SMILES string of the molecule is COc1ccc(Cc2cccc(CC[I-]N)c2)cc1. The second-order valence-corrected chi connectivity index (χ2v) is 6.40. The second kappa shape index (κ2) is 7.50. The average Bonchev–Trinajstić information content (AvgIpc) is 2.46. The van der Waals surface area contributed by atoms with Gasteiger partial charge in [0.2, 0.25) is 0 Å². The van der Waals surface area contributed by atoms with Gasteiger partial charge in [-0.15, -0.1) is 0 Å². The van der Waals surface area contributed by atoms with Gasteiger partial charge in [-0.05, 0) is 0 Å². The maximum atomic E-state index is 5.66. The van der Waals surface area contributed by atoms with Gasteiger partial charge in [0.25, 0.3) is 0 Å². The summed E-state index contributed by atoms with van der Waals surface area (Å²) in [6.07, 6.45) is 2.08. The molecular formula is C16H19INO-. The van der Waals surface area contributed by atoms with Gasteiger partial charge in [0, 0.05) is 0 Å². The van der Waals surface area contributed by atoms with Gasteiger partial charge < -0.3 is 0 Å². The van der Waals surface area contributed by atoms with Gasteiger partial charge in [0.15, 0.2) is 0 Å². The average molecular weight is 368 g/mol. The Morgan fingerprint density at radius 1 is 1.00 bits per heavy atom. The molecule has 19 heavy (non-hydrogen) atoms. The van der Waals surface area contributed by atoms with Crippen molar-refractivity contribution >= 4 is 0 Å². The molecule has 0 aromatic heterocycles. The molecule has 2 nitrogen and oxygen atoms in total. The van der Waals surface area contributed by atoms with Gasteiger partial charge in [-0.3, -0.25) is 0 Å². The van der Waals surface area contributed by atoms with Crippen molar-refractivity contribution < 1.29 is 26.2 Å². The Kier molecular flexibility index (Phi) is 5.66. The van der Waals surface area contributed by atoms with E-state index >= 15 is 0 Å². The topological polar surface area (TPSA) is 35.2 Å². The van der Waals surface area contributed by atoms with Crippen molar-refractivity contribution in [2.75, 3.05) is 11.5 Å². The molecule has 2 N–H and O–H groups in total. The molecule has 0 radical (unpaired) electrons. The van der Waals surface area contributed by atoms with E-state index < -0.39 is 0 Å². The van der Waals surface area contributed by atoms with Crippen LogP contribution in [0.1, 0.15) is 16.7 Å². The van der Waals surface area contributed by atoms with Crippen LogP contribution >= 0.6 is 0 Å². The third-order valence-electron chi connectivity index (χ3n) is 3.05. The van der Waals surface area contributed by atoms with Gasteiger partial charge in [0.05, 0.1) is 0 Å². The minimum atomic E-state index is -0.0971. The fraction of sp³-hybridized carbons (Fsp3) is 0.250. The summed E-state index contributed by atoms with van der Waals surface area (Å²) in [5, 5.41) is 0. The first-order valence-electron chi connectivity index (χ1n) is 6.30. The van der Waals surface area contributed by atoms with Crippen molar-refractivity contribution in [1.29, 1.82) is 0 Å². The summed E-state index contributed by atoms with van der Waals surface area (Å²) in [4.78, 5) is 0. The number of ether oxygens (including phenoxy) is 1. The summed E-state index contributed by atoms with van der Waals surface area (Å²) >= 11 is -0.0971. The van der Waals surface area contributed by atoms with Crippen LogP contribution in [0.15, 0.2) is 48.5 Å².